The molecule has 0 bridgehead atoms. The summed E-state index contributed by atoms with van der Waals surface area (Å²) in [6, 6.07) is 7.58. The smallest absolute Gasteiger partial charge is 0.419 e. The zero-order chi connectivity index (χ0) is 18.3. The Morgan fingerprint density at radius 1 is 1.20 bits per heavy atom. The molecule has 0 aliphatic rings. The summed E-state index contributed by atoms with van der Waals surface area (Å²) in [5, 5.41) is 6.38. The highest BCUT2D eigenvalue weighted by molar-refractivity contribution is 5.77. The minimum atomic E-state index is -4.55. The van der Waals surface area contributed by atoms with E-state index in [0.29, 0.717) is 13.0 Å². The zero-order valence-corrected chi connectivity index (χ0v) is 13.1. The van der Waals surface area contributed by atoms with Gasteiger partial charge in [0.05, 0.1) is 5.56 Å². The quantitative estimate of drug-likeness (QED) is 0.770. The molecule has 0 unspecified atom stereocenters. The van der Waals surface area contributed by atoms with Crippen molar-refractivity contribution in [3.8, 4) is 5.75 Å². The number of halogens is 3. The molecule has 0 aliphatic carbocycles. The van der Waals surface area contributed by atoms with Crippen LogP contribution in [0.2, 0.25) is 0 Å². The number of aryl methyl sites for hydroxylation is 1. The molecule has 0 fully saturated rings. The number of para-hydroxylation sites is 1. The first kappa shape index (κ1) is 18.5. The molecular weight excluding hydrogens is 339 g/mol. The number of amides is 1. The van der Waals surface area contributed by atoms with Crippen LogP contribution in [0.3, 0.4) is 0 Å². The number of hydrogen-bond acceptors (Lipinski definition) is 4. The zero-order valence-electron chi connectivity index (χ0n) is 13.1. The van der Waals surface area contributed by atoms with Crippen LogP contribution in [0, 0.1) is 0 Å². The Balaban J connectivity index is 1.77. The van der Waals surface area contributed by atoms with Gasteiger partial charge in [-0.2, -0.15) is 18.3 Å². The van der Waals surface area contributed by atoms with Gasteiger partial charge in [-0.1, -0.05) is 12.1 Å². The Morgan fingerprint density at radius 3 is 2.68 bits per heavy atom. The van der Waals surface area contributed by atoms with Crippen molar-refractivity contribution in [1.29, 1.82) is 0 Å². The van der Waals surface area contributed by atoms with Gasteiger partial charge < -0.3 is 10.1 Å². The highest BCUT2D eigenvalue weighted by Gasteiger charge is 2.34. The maximum Gasteiger partial charge on any atom is 0.419 e. The van der Waals surface area contributed by atoms with Gasteiger partial charge in [-0.15, -0.1) is 0 Å². The normalized spacial score (nSPS) is 11.2. The van der Waals surface area contributed by atoms with E-state index in [-0.39, 0.29) is 12.1 Å². The van der Waals surface area contributed by atoms with Crippen molar-refractivity contribution >= 4 is 5.91 Å². The van der Waals surface area contributed by atoms with Gasteiger partial charge in [0.25, 0.3) is 11.5 Å². The van der Waals surface area contributed by atoms with Crippen molar-refractivity contribution in [2.45, 2.75) is 19.1 Å². The van der Waals surface area contributed by atoms with Crippen molar-refractivity contribution < 1.29 is 22.7 Å². The van der Waals surface area contributed by atoms with Gasteiger partial charge in [0.2, 0.25) is 0 Å². The fourth-order valence-corrected chi connectivity index (χ4v) is 2.03. The Labute approximate surface area is 141 Å². The van der Waals surface area contributed by atoms with Gasteiger partial charge in [0.1, 0.15) is 5.75 Å². The molecule has 1 amide bonds. The number of nitrogens with one attached hydrogen (secondary N) is 1. The second-order valence-corrected chi connectivity index (χ2v) is 5.07. The number of carbonyl (C=O) groups excluding carboxylic acids is 1. The Hall–Kier alpha value is -2.84. The summed E-state index contributed by atoms with van der Waals surface area (Å²) < 4.78 is 44.6. The molecule has 2 aromatic rings. The van der Waals surface area contributed by atoms with Crippen LogP contribution in [0.15, 0.2) is 47.4 Å². The average molecular weight is 355 g/mol. The number of carbonyl (C=O) groups is 1. The van der Waals surface area contributed by atoms with Gasteiger partial charge >= 0.3 is 6.18 Å². The lowest BCUT2D eigenvalue weighted by Gasteiger charge is -2.13. The third-order valence-electron chi connectivity index (χ3n) is 3.21. The van der Waals surface area contributed by atoms with Crippen LogP contribution in [0.25, 0.3) is 0 Å². The van der Waals surface area contributed by atoms with E-state index in [0.717, 1.165) is 12.1 Å². The lowest BCUT2D eigenvalue weighted by molar-refractivity contribution is -0.139. The van der Waals surface area contributed by atoms with Crippen LogP contribution in [-0.2, 0) is 17.5 Å². The predicted molar refractivity (Wildman–Crippen MR) is 83.1 cm³/mol. The molecule has 2 rings (SSSR count). The van der Waals surface area contributed by atoms with Crippen LogP contribution < -0.4 is 15.6 Å². The Bertz CT molecular complexity index is 775. The molecule has 25 heavy (non-hydrogen) atoms. The van der Waals surface area contributed by atoms with E-state index in [2.05, 4.69) is 10.4 Å². The monoisotopic (exact) mass is 355 g/mol. The van der Waals surface area contributed by atoms with Crippen LogP contribution in [-0.4, -0.2) is 28.8 Å². The second kappa shape index (κ2) is 8.32. The molecule has 0 aliphatic heterocycles. The minimum absolute atomic E-state index is 0.242. The third-order valence-corrected chi connectivity index (χ3v) is 3.21. The third kappa shape index (κ3) is 5.63. The Kier molecular flexibility index (Phi) is 6.15. The molecule has 1 aromatic heterocycles. The molecule has 0 saturated heterocycles. The van der Waals surface area contributed by atoms with E-state index in [4.69, 9.17) is 4.74 Å². The van der Waals surface area contributed by atoms with Crippen molar-refractivity contribution in [2.75, 3.05) is 13.2 Å². The molecule has 0 radical (unpaired) electrons. The molecule has 134 valence electrons. The maximum absolute atomic E-state index is 12.8. The maximum atomic E-state index is 12.8. The van der Waals surface area contributed by atoms with Crippen molar-refractivity contribution in [2.24, 2.45) is 0 Å². The molecule has 6 nitrogen and oxygen atoms in total. The van der Waals surface area contributed by atoms with E-state index in [1.807, 2.05) is 0 Å². The summed E-state index contributed by atoms with van der Waals surface area (Å²) in [4.78, 5) is 23.1. The molecule has 1 heterocycles. The van der Waals surface area contributed by atoms with E-state index in [1.54, 1.807) is 0 Å². The lowest BCUT2D eigenvalue weighted by Crippen LogP contribution is -2.31. The number of ether oxygens (including phenoxy) is 1. The summed E-state index contributed by atoms with van der Waals surface area (Å²) in [6.45, 7) is 0.0282. The van der Waals surface area contributed by atoms with Crippen LogP contribution in [0.4, 0.5) is 13.2 Å². The predicted octanol–water partition coefficient (Wildman–Crippen LogP) is 1.85. The van der Waals surface area contributed by atoms with E-state index in [1.165, 1.54) is 35.1 Å². The van der Waals surface area contributed by atoms with Gasteiger partial charge in [-0.3, -0.25) is 9.59 Å². The highest BCUT2D eigenvalue weighted by atomic mass is 19.4. The molecule has 0 saturated carbocycles. The number of hydrogen-bond donors (Lipinski definition) is 1. The first-order chi connectivity index (χ1) is 11.9. The van der Waals surface area contributed by atoms with E-state index >= 15 is 0 Å². The SMILES string of the molecule is O=C(COc1ccccc1C(F)(F)F)NCCCn1ncccc1=O. The number of alkyl halides is 3. The second-order valence-electron chi connectivity index (χ2n) is 5.07. The first-order valence-electron chi connectivity index (χ1n) is 7.46. The summed E-state index contributed by atoms with van der Waals surface area (Å²) in [5.41, 5.74) is -1.18. The average Bonchev–Trinajstić information content (AvgIpc) is 2.58. The molecule has 9 heteroatoms. The molecule has 0 spiro atoms. The number of nitrogens with zero attached hydrogens (tertiary/aromatic N) is 2. The molecule has 1 N–H and O–H groups in total. The lowest BCUT2D eigenvalue weighted by atomic mass is 10.2. The van der Waals surface area contributed by atoms with Gasteiger partial charge in [0.15, 0.2) is 6.61 Å². The summed E-state index contributed by atoms with van der Waals surface area (Å²) in [7, 11) is 0. The minimum Gasteiger partial charge on any atom is -0.483 e. The highest BCUT2D eigenvalue weighted by Crippen LogP contribution is 2.35. The molecular formula is C16H16F3N3O3. The summed E-state index contributed by atoms with van der Waals surface area (Å²) >= 11 is 0. The number of benzene rings is 1. The molecule has 1 aromatic carbocycles. The fraction of sp³-hybridized carbons (Fsp3) is 0.312. The van der Waals surface area contributed by atoms with E-state index < -0.39 is 30.0 Å². The van der Waals surface area contributed by atoms with E-state index in [9.17, 15) is 22.8 Å². The van der Waals surface area contributed by atoms with Crippen molar-refractivity contribution in [3.63, 3.8) is 0 Å². The topological polar surface area (TPSA) is 73.2 Å². The number of aromatic nitrogens is 2. The summed E-state index contributed by atoms with van der Waals surface area (Å²) in [6.07, 6.45) is -2.63. The standard InChI is InChI=1S/C16H16F3N3O3/c17-16(18,19)12-5-1-2-6-13(12)25-11-14(23)20-8-4-10-22-15(24)7-3-9-21-22/h1-3,5-7,9H,4,8,10-11H2,(H,20,23). The van der Waals surface area contributed by atoms with Crippen LogP contribution in [0.5, 0.6) is 5.75 Å². The fourth-order valence-electron chi connectivity index (χ4n) is 2.03. The first-order valence-corrected chi connectivity index (χ1v) is 7.46. The van der Waals surface area contributed by atoms with Crippen molar-refractivity contribution in [3.05, 3.63) is 58.5 Å². The molecule has 0 atom stereocenters. The Morgan fingerprint density at radius 2 is 1.96 bits per heavy atom. The van der Waals surface area contributed by atoms with Gasteiger partial charge in [-0.25, -0.2) is 4.68 Å². The van der Waals surface area contributed by atoms with Crippen LogP contribution in [0.1, 0.15) is 12.0 Å². The largest absolute Gasteiger partial charge is 0.483 e. The number of rotatable bonds is 7. The van der Waals surface area contributed by atoms with Crippen LogP contribution >= 0.6 is 0 Å². The van der Waals surface area contributed by atoms with Gasteiger partial charge in [0, 0.05) is 25.4 Å². The summed E-state index contributed by atoms with van der Waals surface area (Å²) in [5.74, 6) is -0.949. The van der Waals surface area contributed by atoms with Gasteiger partial charge in [-0.05, 0) is 24.6 Å². The van der Waals surface area contributed by atoms with Crippen molar-refractivity contribution in [1.82, 2.24) is 15.1 Å².